The van der Waals surface area contributed by atoms with Crippen molar-refractivity contribution in [2.24, 2.45) is 0 Å². The van der Waals surface area contributed by atoms with Crippen LogP contribution >= 0.6 is 23.2 Å². The molecular weight excluding hydrogens is 329 g/mol. The molecule has 1 aromatic heterocycles. The first kappa shape index (κ1) is 14.6. The van der Waals surface area contributed by atoms with Gasteiger partial charge in [-0.3, -0.25) is 4.79 Å². The van der Waals surface area contributed by atoms with Crippen molar-refractivity contribution in [3.63, 3.8) is 0 Å². The maximum Gasteiger partial charge on any atom is 0.205 e. The molecule has 0 unspecified atom stereocenters. The molecule has 0 aliphatic heterocycles. The second-order valence-electron chi connectivity index (χ2n) is 5.70. The van der Waals surface area contributed by atoms with E-state index in [1.807, 2.05) is 30.3 Å². The summed E-state index contributed by atoms with van der Waals surface area (Å²) >= 11 is 12.0. The SMILES string of the molecule is O=C1C(=Cc2ccc(Cl)c(Cl)c2)CCc2c1[nH]c1ccccc21. The first-order valence-corrected chi connectivity index (χ1v) is 8.19. The number of rotatable bonds is 1. The first-order chi connectivity index (χ1) is 11.1. The molecular formula is C19H13Cl2NO. The number of hydrogen-bond donors (Lipinski definition) is 1. The molecule has 0 saturated heterocycles. The monoisotopic (exact) mass is 341 g/mol. The summed E-state index contributed by atoms with van der Waals surface area (Å²) in [7, 11) is 0. The maximum atomic E-state index is 12.8. The van der Waals surface area contributed by atoms with Crippen LogP contribution in [0.3, 0.4) is 0 Å². The molecule has 4 heteroatoms. The lowest BCUT2D eigenvalue weighted by Crippen LogP contribution is -2.13. The van der Waals surface area contributed by atoms with Crippen molar-refractivity contribution in [1.82, 2.24) is 4.98 Å². The van der Waals surface area contributed by atoms with Crippen LogP contribution in [-0.4, -0.2) is 10.8 Å². The van der Waals surface area contributed by atoms with Gasteiger partial charge in [0.25, 0.3) is 0 Å². The Balaban J connectivity index is 1.77. The van der Waals surface area contributed by atoms with Gasteiger partial charge in [0.15, 0.2) is 0 Å². The van der Waals surface area contributed by atoms with Crippen molar-refractivity contribution in [3.8, 4) is 0 Å². The first-order valence-electron chi connectivity index (χ1n) is 7.43. The second-order valence-corrected chi connectivity index (χ2v) is 6.51. The van der Waals surface area contributed by atoms with Crippen LogP contribution in [0.1, 0.15) is 28.0 Å². The van der Waals surface area contributed by atoms with E-state index in [0.29, 0.717) is 15.7 Å². The van der Waals surface area contributed by atoms with Gasteiger partial charge in [0.05, 0.1) is 15.7 Å². The van der Waals surface area contributed by atoms with Gasteiger partial charge in [-0.05, 0) is 48.2 Å². The number of fused-ring (bicyclic) bond motifs is 3. The second kappa shape index (κ2) is 5.55. The highest BCUT2D eigenvalue weighted by Gasteiger charge is 2.25. The van der Waals surface area contributed by atoms with E-state index in [2.05, 4.69) is 11.1 Å². The Morgan fingerprint density at radius 2 is 1.83 bits per heavy atom. The summed E-state index contributed by atoms with van der Waals surface area (Å²) in [5, 5.41) is 2.15. The third-order valence-electron chi connectivity index (χ3n) is 4.26. The summed E-state index contributed by atoms with van der Waals surface area (Å²) in [5.74, 6) is 0.0634. The number of halogens is 2. The predicted octanol–water partition coefficient (Wildman–Crippen LogP) is 5.69. The number of aryl methyl sites for hydroxylation is 1. The molecule has 1 aliphatic carbocycles. The van der Waals surface area contributed by atoms with Crippen LogP contribution in [0.25, 0.3) is 17.0 Å². The van der Waals surface area contributed by atoms with Crippen molar-refractivity contribution >= 4 is 46.0 Å². The van der Waals surface area contributed by atoms with Crippen molar-refractivity contribution in [2.45, 2.75) is 12.8 Å². The molecule has 0 radical (unpaired) electrons. The van der Waals surface area contributed by atoms with Crippen molar-refractivity contribution in [1.29, 1.82) is 0 Å². The highest BCUT2D eigenvalue weighted by Crippen LogP contribution is 2.32. The Kier molecular flexibility index (Phi) is 3.51. The van der Waals surface area contributed by atoms with E-state index in [9.17, 15) is 4.79 Å². The standard InChI is InChI=1S/C19H13Cl2NO/c20-15-8-5-11(10-16(15)21)9-12-6-7-14-13-3-1-2-4-17(13)22-18(14)19(12)23/h1-5,8-10,22H,6-7H2. The summed E-state index contributed by atoms with van der Waals surface area (Å²) in [6.45, 7) is 0. The number of H-pyrrole nitrogens is 1. The molecule has 1 N–H and O–H groups in total. The van der Waals surface area contributed by atoms with Gasteiger partial charge in [-0.2, -0.15) is 0 Å². The third-order valence-corrected chi connectivity index (χ3v) is 5.00. The number of aromatic amines is 1. The van der Waals surface area contributed by atoms with Gasteiger partial charge in [0.1, 0.15) is 0 Å². The number of nitrogens with one attached hydrogen (secondary N) is 1. The number of para-hydroxylation sites is 1. The molecule has 0 spiro atoms. The average molecular weight is 342 g/mol. The molecule has 0 bridgehead atoms. The quantitative estimate of drug-likeness (QED) is 0.567. The zero-order valence-corrected chi connectivity index (χ0v) is 13.7. The molecule has 23 heavy (non-hydrogen) atoms. The Hall–Kier alpha value is -2.03. The minimum Gasteiger partial charge on any atom is -0.352 e. The van der Waals surface area contributed by atoms with E-state index in [0.717, 1.165) is 40.4 Å². The number of carbonyl (C=O) groups excluding carboxylic acids is 1. The summed E-state index contributed by atoms with van der Waals surface area (Å²) in [4.78, 5) is 16.0. The Morgan fingerprint density at radius 1 is 1.00 bits per heavy atom. The number of ketones is 1. The van der Waals surface area contributed by atoms with E-state index in [4.69, 9.17) is 23.2 Å². The Bertz CT molecular complexity index is 969. The third kappa shape index (κ3) is 2.48. The van der Waals surface area contributed by atoms with Gasteiger partial charge in [0, 0.05) is 16.5 Å². The number of allylic oxidation sites excluding steroid dienone is 1. The summed E-state index contributed by atoms with van der Waals surface area (Å²) in [6, 6.07) is 13.4. The molecule has 2 aromatic carbocycles. The zero-order valence-electron chi connectivity index (χ0n) is 12.2. The fourth-order valence-corrected chi connectivity index (χ4v) is 3.43. The number of Topliss-reactive ketones (excluding diaryl/α,β-unsaturated/α-hetero) is 1. The highest BCUT2D eigenvalue weighted by molar-refractivity contribution is 6.42. The highest BCUT2D eigenvalue weighted by atomic mass is 35.5. The van der Waals surface area contributed by atoms with E-state index in [1.54, 1.807) is 12.1 Å². The largest absolute Gasteiger partial charge is 0.352 e. The molecule has 1 aliphatic rings. The van der Waals surface area contributed by atoms with Crippen LogP contribution in [0.5, 0.6) is 0 Å². The lowest BCUT2D eigenvalue weighted by Gasteiger charge is -2.14. The lowest BCUT2D eigenvalue weighted by molar-refractivity contribution is 0.102. The van der Waals surface area contributed by atoms with E-state index in [-0.39, 0.29) is 5.78 Å². The smallest absolute Gasteiger partial charge is 0.205 e. The van der Waals surface area contributed by atoms with Crippen LogP contribution in [0, 0.1) is 0 Å². The van der Waals surface area contributed by atoms with Crippen LogP contribution in [0.15, 0.2) is 48.0 Å². The van der Waals surface area contributed by atoms with Crippen LogP contribution in [0.2, 0.25) is 10.0 Å². The molecule has 0 atom stereocenters. The van der Waals surface area contributed by atoms with Crippen LogP contribution < -0.4 is 0 Å². The van der Waals surface area contributed by atoms with Gasteiger partial charge in [-0.15, -0.1) is 0 Å². The molecule has 0 fully saturated rings. The number of carbonyl (C=O) groups is 1. The minimum absolute atomic E-state index is 0.0634. The molecule has 0 amide bonds. The van der Waals surface area contributed by atoms with E-state index < -0.39 is 0 Å². The summed E-state index contributed by atoms with van der Waals surface area (Å²) in [6.07, 6.45) is 3.49. The van der Waals surface area contributed by atoms with Gasteiger partial charge in [-0.1, -0.05) is 47.5 Å². The molecule has 114 valence electrons. The molecule has 4 rings (SSSR count). The number of benzene rings is 2. The average Bonchev–Trinajstić information content (AvgIpc) is 2.93. The van der Waals surface area contributed by atoms with E-state index >= 15 is 0 Å². The fraction of sp³-hybridized carbons (Fsp3) is 0.105. The van der Waals surface area contributed by atoms with Crippen molar-refractivity contribution in [3.05, 3.63) is 74.9 Å². The lowest BCUT2D eigenvalue weighted by atomic mass is 9.89. The summed E-state index contributed by atoms with van der Waals surface area (Å²) < 4.78 is 0. The predicted molar refractivity (Wildman–Crippen MR) is 95.4 cm³/mol. The van der Waals surface area contributed by atoms with Crippen LogP contribution in [-0.2, 0) is 6.42 Å². The van der Waals surface area contributed by atoms with Crippen molar-refractivity contribution in [2.75, 3.05) is 0 Å². The van der Waals surface area contributed by atoms with Crippen LogP contribution in [0.4, 0.5) is 0 Å². The molecule has 2 nitrogen and oxygen atoms in total. The van der Waals surface area contributed by atoms with Gasteiger partial charge >= 0.3 is 0 Å². The van der Waals surface area contributed by atoms with Gasteiger partial charge in [0.2, 0.25) is 5.78 Å². The normalized spacial score (nSPS) is 16.1. The maximum absolute atomic E-state index is 12.8. The molecule has 3 aromatic rings. The summed E-state index contributed by atoms with van der Waals surface area (Å²) in [5.41, 5.74) is 4.53. The topological polar surface area (TPSA) is 32.9 Å². The van der Waals surface area contributed by atoms with E-state index in [1.165, 1.54) is 0 Å². The number of aromatic nitrogens is 1. The fourth-order valence-electron chi connectivity index (χ4n) is 3.13. The minimum atomic E-state index is 0.0634. The molecule has 1 heterocycles. The Morgan fingerprint density at radius 3 is 2.65 bits per heavy atom. The van der Waals surface area contributed by atoms with Crippen molar-refractivity contribution < 1.29 is 4.79 Å². The van der Waals surface area contributed by atoms with Gasteiger partial charge in [-0.25, -0.2) is 0 Å². The number of hydrogen-bond acceptors (Lipinski definition) is 1. The zero-order chi connectivity index (χ0) is 16.0. The van der Waals surface area contributed by atoms with Gasteiger partial charge < -0.3 is 4.98 Å². The Labute approximate surface area is 143 Å². The molecule has 0 saturated carbocycles.